The lowest BCUT2D eigenvalue weighted by molar-refractivity contribution is -0.130. The third kappa shape index (κ3) is 16.5. The lowest BCUT2D eigenvalue weighted by Gasteiger charge is -2.29. The number of rotatable bonds is 23. The van der Waals surface area contributed by atoms with Crippen LogP contribution in [0.25, 0.3) is 0 Å². The van der Waals surface area contributed by atoms with Crippen molar-refractivity contribution in [1.29, 1.82) is 0 Å². The molecule has 0 saturated heterocycles. The Balaban J connectivity index is 2.07. The molecule has 288 valence electrons. The second-order valence-corrected chi connectivity index (χ2v) is 15.4. The number of nitrogens with one attached hydrogen (secondary N) is 2. The monoisotopic (exact) mass is 720 g/mol. The number of likely N-dealkylation sites (N-methyl/N-ethyl adjacent to an activating group) is 1. The van der Waals surface area contributed by atoms with Crippen molar-refractivity contribution in [2.24, 2.45) is 23.0 Å². The van der Waals surface area contributed by atoms with Crippen molar-refractivity contribution in [3.05, 3.63) is 65.7 Å². The van der Waals surface area contributed by atoms with Crippen molar-refractivity contribution in [3.63, 3.8) is 0 Å². The zero-order valence-corrected chi connectivity index (χ0v) is 32.7. The fourth-order valence-corrected chi connectivity index (χ4v) is 6.26. The Bertz CT molecular complexity index is 1400. The van der Waals surface area contributed by atoms with Crippen LogP contribution < -0.4 is 16.4 Å². The van der Waals surface area contributed by atoms with Crippen LogP contribution in [0, 0.1) is 17.3 Å². The predicted molar refractivity (Wildman–Crippen MR) is 208 cm³/mol. The molecule has 0 aromatic heterocycles. The van der Waals surface area contributed by atoms with E-state index < -0.39 is 24.1 Å². The van der Waals surface area contributed by atoms with E-state index in [2.05, 4.69) is 31.4 Å². The van der Waals surface area contributed by atoms with E-state index in [0.29, 0.717) is 49.9 Å². The summed E-state index contributed by atoms with van der Waals surface area (Å²) in [6.07, 6.45) is 6.19. The molecule has 52 heavy (non-hydrogen) atoms. The van der Waals surface area contributed by atoms with Crippen LogP contribution in [0.3, 0.4) is 0 Å². The second-order valence-electron chi connectivity index (χ2n) is 15.4. The first-order valence-corrected chi connectivity index (χ1v) is 19.0. The lowest BCUT2D eigenvalue weighted by atomic mass is 9.89. The summed E-state index contributed by atoms with van der Waals surface area (Å²) in [6.45, 7) is 12.7. The van der Waals surface area contributed by atoms with E-state index in [4.69, 9.17) is 10.5 Å². The molecule has 0 aliphatic heterocycles. The molecule has 2 aromatic carbocycles. The standard InChI is InChI=1S/C42H64N4O6/c1-8-36(47)39(30(2)3)46(7)41(51)52-29-32-21-23-34(24-22-32)44-40(50)33(19-14-16-26-43)28-37(48)35(27-31-17-11-9-12-18-31)45-38(49)20-13-10-15-25-42(4,5)6/h9,11-12,17-18,21-24,30,33,35,39H,8,10,13-16,19-20,25-29,43H2,1-7H3,(H,44,50)(H,45,49)/t33-,35+,39-/m0/s1. The van der Waals surface area contributed by atoms with Crippen molar-refractivity contribution < 1.29 is 28.7 Å². The quantitative estimate of drug-likeness (QED) is 0.100. The molecule has 2 aromatic rings. The zero-order chi connectivity index (χ0) is 38.7. The zero-order valence-electron chi connectivity index (χ0n) is 32.7. The van der Waals surface area contributed by atoms with Crippen LogP contribution >= 0.6 is 0 Å². The fourth-order valence-electron chi connectivity index (χ4n) is 6.26. The van der Waals surface area contributed by atoms with Crippen LogP contribution in [0.2, 0.25) is 0 Å². The van der Waals surface area contributed by atoms with E-state index in [0.717, 1.165) is 37.7 Å². The first kappa shape index (κ1) is 44.1. The van der Waals surface area contributed by atoms with Gasteiger partial charge in [-0.25, -0.2) is 4.79 Å². The number of unbranched alkanes of at least 4 members (excludes halogenated alkanes) is 3. The third-order valence-electron chi connectivity index (χ3n) is 9.26. The smallest absolute Gasteiger partial charge is 0.410 e. The summed E-state index contributed by atoms with van der Waals surface area (Å²) in [7, 11) is 1.57. The van der Waals surface area contributed by atoms with Crippen molar-refractivity contribution in [2.45, 2.75) is 131 Å². The molecule has 3 amide bonds. The average Bonchev–Trinajstić information content (AvgIpc) is 3.10. The summed E-state index contributed by atoms with van der Waals surface area (Å²) < 4.78 is 5.48. The summed E-state index contributed by atoms with van der Waals surface area (Å²) in [6, 6.07) is 15.2. The van der Waals surface area contributed by atoms with Gasteiger partial charge in [-0.1, -0.05) is 103 Å². The molecule has 0 radical (unpaired) electrons. The Morgan fingerprint density at radius 3 is 2.12 bits per heavy atom. The fraction of sp³-hybridized carbons (Fsp3) is 0.595. The van der Waals surface area contributed by atoms with E-state index in [1.807, 2.05) is 44.2 Å². The highest BCUT2D eigenvalue weighted by atomic mass is 16.6. The third-order valence-corrected chi connectivity index (χ3v) is 9.26. The minimum absolute atomic E-state index is 0.00415. The Morgan fingerprint density at radius 2 is 1.52 bits per heavy atom. The number of amides is 3. The Morgan fingerprint density at radius 1 is 0.846 bits per heavy atom. The van der Waals surface area contributed by atoms with Crippen LogP contribution in [0.1, 0.15) is 117 Å². The van der Waals surface area contributed by atoms with Crippen molar-refractivity contribution in [2.75, 3.05) is 18.9 Å². The molecule has 2 rings (SSSR count). The van der Waals surface area contributed by atoms with E-state index in [-0.39, 0.29) is 47.7 Å². The molecule has 0 unspecified atom stereocenters. The molecule has 0 heterocycles. The highest BCUT2D eigenvalue weighted by Gasteiger charge is 2.30. The van der Waals surface area contributed by atoms with Gasteiger partial charge in [0.15, 0.2) is 11.6 Å². The van der Waals surface area contributed by atoms with Crippen LogP contribution in [0.15, 0.2) is 54.6 Å². The van der Waals surface area contributed by atoms with E-state index in [1.54, 1.807) is 38.2 Å². The molecule has 0 spiro atoms. The van der Waals surface area contributed by atoms with Gasteiger partial charge < -0.3 is 26.0 Å². The molecule has 0 bridgehead atoms. The summed E-state index contributed by atoms with van der Waals surface area (Å²) in [4.78, 5) is 66.9. The van der Waals surface area contributed by atoms with Crippen molar-refractivity contribution >= 4 is 35.2 Å². The maximum Gasteiger partial charge on any atom is 0.410 e. The number of ether oxygens (including phenoxy) is 1. The van der Waals surface area contributed by atoms with Gasteiger partial charge in [-0.15, -0.1) is 0 Å². The highest BCUT2D eigenvalue weighted by Crippen LogP contribution is 2.23. The van der Waals surface area contributed by atoms with Gasteiger partial charge in [0.25, 0.3) is 0 Å². The number of carbonyl (C=O) groups is 5. The SMILES string of the molecule is CCC(=O)[C@H](C(C)C)N(C)C(=O)OCc1ccc(NC(=O)[C@@H](CCCCN)CC(=O)[C@@H](Cc2ccccc2)NC(=O)CCCCCC(C)(C)C)cc1. The minimum Gasteiger partial charge on any atom is -0.445 e. The maximum atomic E-state index is 13.8. The number of nitrogens with zero attached hydrogens (tertiary/aromatic N) is 1. The summed E-state index contributed by atoms with van der Waals surface area (Å²) >= 11 is 0. The number of benzene rings is 2. The van der Waals surface area contributed by atoms with Crippen LogP contribution in [-0.2, 0) is 36.9 Å². The first-order chi connectivity index (χ1) is 24.6. The van der Waals surface area contributed by atoms with Gasteiger partial charge in [-0.3, -0.25) is 19.2 Å². The second kappa shape index (κ2) is 22.8. The molecule has 0 fully saturated rings. The van der Waals surface area contributed by atoms with E-state index >= 15 is 0 Å². The number of ketones is 2. The molecule has 10 nitrogen and oxygen atoms in total. The van der Waals surface area contributed by atoms with Gasteiger partial charge in [0.2, 0.25) is 11.8 Å². The molecule has 10 heteroatoms. The molecule has 0 aliphatic carbocycles. The molecule has 3 atom stereocenters. The first-order valence-electron chi connectivity index (χ1n) is 19.0. The van der Waals surface area contributed by atoms with Gasteiger partial charge >= 0.3 is 6.09 Å². The van der Waals surface area contributed by atoms with Gasteiger partial charge in [-0.05, 0) is 73.2 Å². The number of hydrogen-bond donors (Lipinski definition) is 3. The Hall–Kier alpha value is -4.05. The van der Waals surface area contributed by atoms with Crippen molar-refractivity contribution in [1.82, 2.24) is 10.2 Å². The van der Waals surface area contributed by atoms with Crippen LogP contribution in [0.4, 0.5) is 10.5 Å². The number of hydrogen-bond acceptors (Lipinski definition) is 7. The summed E-state index contributed by atoms with van der Waals surface area (Å²) in [5, 5.41) is 5.94. The van der Waals surface area contributed by atoms with Gasteiger partial charge in [0.05, 0.1) is 12.1 Å². The molecular formula is C42H64N4O6. The van der Waals surface area contributed by atoms with Crippen LogP contribution in [-0.4, -0.2) is 60.1 Å². The number of Topliss-reactive ketones (excluding diaryl/α,β-unsaturated/α-hetero) is 2. The van der Waals surface area contributed by atoms with Gasteiger partial charge in [0, 0.05) is 37.9 Å². The Kier molecular flexibility index (Phi) is 19.3. The Labute approximate surface area is 312 Å². The molecule has 4 N–H and O–H groups in total. The number of anilines is 1. The van der Waals surface area contributed by atoms with E-state index in [1.165, 1.54) is 4.90 Å². The number of nitrogens with two attached hydrogens (primary N) is 1. The van der Waals surface area contributed by atoms with E-state index in [9.17, 15) is 24.0 Å². The predicted octanol–water partition coefficient (Wildman–Crippen LogP) is 7.63. The summed E-state index contributed by atoms with van der Waals surface area (Å²) in [5.74, 6) is -1.29. The topological polar surface area (TPSA) is 148 Å². The van der Waals surface area contributed by atoms with Crippen LogP contribution in [0.5, 0.6) is 0 Å². The normalized spacial score (nSPS) is 13.2. The maximum absolute atomic E-state index is 13.8. The minimum atomic E-state index is -0.744. The largest absolute Gasteiger partial charge is 0.445 e. The summed E-state index contributed by atoms with van der Waals surface area (Å²) in [5.41, 5.74) is 8.19. The molecular weight excluding hydrogens is 656 g/mol. The average molecular weight is 721 g/mol. The van der Waals surface area contributed by atoms with Gasteiger partial charge in [0.1, 0.15) is 6.61 Å². The van der Waals surface area contributed by atoms with Gasteiger partial charge in [-0.2, -0.15) is 0 Å². The number of carbonyl (C=O) groups excluding carboxylic acids is 5. The molecule has 0 aliphatic rings. The lowest BCUT2D eigenvalue weighted by Crippen LogP contribution is -2.45. The van der Waals surface area contributed by atoms with Crippen molar-refractivity contribution in [3.8, 4) is 0 Å². The highest BCUT2D eigenvalue weighted by molar-refractivity contribution is 5.97. The molecule has 0 saturated carbocycles.